The van der Waals surface area contributed by atoms with Crippen molar-refractivity contribution in [3.63, 3.8) is 0 Å². The number of amides is 1. The summed E-state index contributed by atoms with van der Waals surface area (Å²) < 4.78 is 13.7. The second-order valence-corrected chi connectivity index (χ2v) is 4.91. The predicted molar refractivity (Wildman–Crippen MR) is 67.6 cm³/mol. The molecule has 3 nitrogen and oxygen atoms in total. The number of carbonyl (C=O) groups excluding carboxylic acids is 1. The maximum absolute atomic E-state index is 13.7. The van der Waals surface area contributed by atoms with Gasteiger partial charge in [-0.05, 0) is 31.1 Å². The number of hydrogen-bond acceptors (Lipinski definition) is 2. The average Bonchev–Trinajstić information content (AvgIpc) is 2.84. The Hall–Kier alpha value is -1.68. The van der Waals surface area contributed by atoms with Crippen molar-refractivity contribution < 1.29 is 14.3 Å². The second-order valence-electron chi connectivity index (χ2n) is 4.91. The molecular formula is C14H16FNO2. The first-order chi connectivity index (χ1) is 8.43. The van der Waals surface area contributed by atoms with E-state index < -0.39 is 18.3 Å². The van der Waals surface area contributed by atoms with E-state index >= 15 is 0 Å². The molecule has 0 aromatic rings. The topological polar surface area (TPSA) is 49.3 Å². The van der Waals surface area contributed by atoms with Crippen molar-refractivity contribution in [1.82, 2.24) is 5.32 Å². The van der Waals surface area contributed by atoms with Gasteiger partial charge in [-0.1, -0.05) is 24.3 Å². The fourth-order valence-corrected chi connectivity index (χ4v) is 1.96. The molecular weight excluding hydrogens is 233 g/mol. The van der Waals surface area contributed by atoms with E-state index in [-0.39, 0.29) is 5.91 Å². The molecule has 2 aliphatic rings. The lowest BCUT2D eigenvalue weighted by Crippen LogP contribution is -2.49. The van der Waals surface area contributed by atoms with E-state index in [0.717, 1.165) is 11.1 Å². The molecule has 0 saturated carbocycles. The summed E-state index contributed by atoms with van der Waals surface area (Å²) in [5.74, 6) is -0.360. The Kier molecular flexibility index (Phi) is 3.22. The summed E-state index contributed by atoms with van der Waals surface area (Å²) in [5, 5.41) is 11.7. The number of rotatable bonds is 4. The van der Waals surface area contributed by atoms with Gasteiger partial charge in [0.15, 0.2) is 0 Å². The molecule has 0 aromatic carbocycles. The molecule has 0 heterocycles. The molecule has 0 spiro atoms. The van der Waals surface area contributed by atoms with Crippen LogP contribution in [-0.4, -0.2) is 29.3 Å². The van der Waals surface area contributed by atoms with Crippen LogP contribution in [0, 0.1) is 0 Å². The standard InChI is InChI=1S/C14H16FNO2/c1-14(2,15)12(8-17)16-13(18)11-7-6-9-4-3-5-10(9)11/h3-7,12,17H,8H2,1-2H3,(H,16,18). The number of alkyl halides is 1. The van der Waals surface area contributed by atoms with Crippen LogP contribution in [0.4, 0.5) is 4.39 Å². The maximum atomic E-state index is 13.7. The number of halogens is 1. The molecule has 0 aliphatic heterocycles. The normalized spacial score (nSPS) is 19.0. The lowest BCUT2D eigenvalue weighted by atomic mass is 10.0. The zero-order chi connectivity index (χ0) is 13.3. The summed E-state index contributed by atoms with van der Waals surface area (Å²) in [6.07, 6.45) is 9.18. The first-order valence-corrected chi connectivity index (χ1v) is 5.85. The van der Waals surface area contributed by atoms with Crippen molar-refractivity contribution in [2.45, 2.75) is 25.6 Å². The first-order valence-electron chi connectivity index (χ1n) is 5.85. The van der Waals surface area contributed by atoms with E-state index in [4.69, 9.17) is 5.11 Å². The van der Waals surface area contributed by atoms with Gasteiger partial charge in [0.05, 0.1) is 12.6 Å². The van der Waals surface area contributed by atoms with Gasteiger partial charge in [0.1, 0.15) is 5.67 Å². The van der Waals surface area contributed by atoms with Crippen molar-refractivity contribution in [3.05, 3.63) is 47.1 Å². The average molecular weight is 249 g/mol. The molecule has 2 rings (SSSR count). The van der Waals surface area contributed by atoms with E-state index in [0.29, 0.717) is 5.57 Å². The van der Waals surface area contributed by atoms with Crippen LogP contribution in [0.15, 0.2) is 47.1 Å². The summed E-state index contributed by atoms with van der Waals surface area (Å²) in [5.41, 5.74) is 0.682. The van der Waals surface area contributed by atoms with Gasteiger partial charge in [-0.25, -0.2) is 4.39 Å². The van der Waals surface area contributed by atoms with Crippen LogP contribution in [0.1, 0.15) is 13.8 Å². The molecule has 2 N–H and O–H groups in total. The van der Waals surface area contributed by atoms with Crippen LogP contribution in [0.3, 0.4) is 0 Å². The molecule has 96 valence electrons. The lowest BCUT2D eigenvalue weighted by molar-refractivity contribution is -0.119. The molecule has 18 heavy (non-hydrogen) atoms. The Morgan fingerprint density at radius 2 is 2.17 bits per heavy atom. The SMILES string of the molecule is CC(C)(F)C(CO)NC(=O)C1=C2C=CC=C2C=C1. The molecule has 0 bridgehead atoms. The Morgan fingerprint density at radius 1 is 1.44 bits per heavy atom. The summed E-state index contributed by atoms with van der Waals surface area (Å²) in [7, 11) is 0. The molecule has 2 aliphatic carbocycles. The summed E-state index contributed by atoms with van der Waals surface area (Å²) in [6, 6.07) is -0.912. The molecule has 1 unspecified atom stereocenters. The third-order valence-electron chi connectivity index (χ3n) is 3.13. The van der Waals surface area contributed by atoms with Crippen molar-refractivity contribution in [1.29, 1.82) is 0 Å². The molecule has 1 amide bonds. The lowest BCUT2D eigenvalue weighted by Gasteiger charge is -2.26. The molecule has 0 fully saturated rings. The van der Waals surface area contributed by atoms with E-state index in [2.05, 4.69) is 5.32 Å². The minimum Gasteiger partial charge on any atom is -0.394 e. The maximum Gasteiger partial charge on any atom is 0.252 e. The van der Waals surface area contributed by atoms with E-state index in [1.54, 1.807) is 6.08 Å². The van der Waals surface area contributed by atoms with E-state index in [1.807, 2.05) is 24.3 Å². The number of aliphatic hydroxyl groups excluding tert-OH is 1. The van der Waals surface area contributed by atoms with Crippen LogP contribution in [0.25, 0.3) is 0 Å². The third-order valence-corrected chi connectivity index (χ3v) is 3.13. The summed E-state index contributed by atoms with van der Waals surface area (Å²) in [6.45, 7) is 2.23. The van der Waals surface area contributed by atoms with Gasteiger partial charge in [-0.15, -0.1) is 0 Å². The van der Waals surface area contributed by atoms with E-state index in [1.165, 1.54) is 13.8 Å². The van der Waals surface area contributed by atoms with E-state index in [9.17, 15) is 9.18 Å². The predicted octanol–water partition coefficient (Wildman–Crippen LogP) is 1.57. The second kappa shape index (κ2) is 4.53. The largest absolute Gasteiger partial charge is 0.394 e. The van der Waals surface area contributed by atoms with Gasteiger partial charge in [0.2, 0.25) is 0 Å². The Labute approximate surface area is 105 Å². The Balaban J connectivity index is 2.15. The molecule has 4 heteroatoms. The first kappa shape index (κ1) is 12.8. The number of hydrogen-bond donors (Lipinski definition) is 2. The number of nitrogens with one attached hydrogen (secondary N) is 1. The molecule has 0 radical (unpaired) electrons. The number of fused-ring (bicyclic) bond motifs is 1. The number of allylic oxidation sites excluding steroid dienone is 6. The molecule has 0 aromatic heterocycles. The molecule has 0 saturated heterocycles. The zero-order valence-electron chi connectivity index (χ0n) is 10.4. The van der Waals surface area contributed by atoms with Crippen molar-refractivity contribution in [2.24, 2.45) is 0 Å². The van der Waals surface area contributed by atoms with Crippen LogP contribution in [0.2, 0.25) is 0 Å². The van der Waals surface area contributed by atoms with Crippen LogP contribution in [0.5, 0.6) is 0 Å². The van der Waals surface area contributed by atoms with Gasteiger partial charge in [0, 0.05) is 5.57 Å². The highest BCUT2D eigenvalue weighted by Crippen LogP contribution is 2.30. The minimum absolute atomic E-state index is 0.360. The number of carbonyl (C=O) groups is 1. The third kappa shape index (κ3) is 2.29. The number of aliphatic hydroxyl groups is 1. The Morgan fingerprint density at radius 3 is 2.78 bits per heavy atom. The van der Waals surface area contributed by atoms with Gasteiger partial charge in [0.25, 0.3) is 5.91 Å². The quantitative estimate of drug-likeness (QED) is 0.794. The monoisotopic (exact) mass is 249 g/mol. The van der Waals surface area contributed by atoms with Crippen molar-refractivity contribution in [2.75, 3.05) is 6.61 Å². The highest BCUT2D eigenvalue weighted by molar-refractivity contribution is 6.00. The molecule has 1 atom stereocenters. The zero-order valence-corrected chi connectivity index (χ0v) is 10.4. The smallest absolute Gasteiger partial charge is 0.252 e. The fraction of sp³-hybridized carbons (Fsp3) is 0.357. The summed E-state index contributed by atoms with van der Waals surface area (Å²) >= 11 is 0. The van der Waals surface area contributed by atoms with Gasteiger partial charge in [-0.2, -0.15) is 0 Å². The Bertz CT molecular complexity index is 492. The van der Waals surface area contributed by atoms with Gasteiger partial charge in [-0.3, -0.25) is 4.79 Å². The minimum atomic E-state index is -1.66. The van der Waals surface area contributed by atoms with Gasteiger partial charge >= 0.3 is 0 Å². The van der Waals surface area contributed by atoms with Crippen LogP contribution in [-0.2, 0) is 4.79 Å². The highest BCUT2D eigenvalue weighted by Gasteiger charge is 2.31. The van der Waals surface area contributed by atoms with Crippen molar-refractivity contribution in [3.8, 4) is 0 Å². The highest BCUT2D eigenvalue weighted by atomic mass is 19.1. The van der Waals surface area contributed by atoms with Crippen molar-refractivity contribution >= 4 is 5.91 Å². The van der Waals surface area contributed by atoms with Crippen LogP contribution < -0.4 is 5.32 Å². The fourth-order valence-electron chi connectivity index (χ4n) is 1.96. The summed E-state index contributed by atoms with van der Waals surface area (Å²) in [4.78, 5) is 12.0. The van der Waals surface area contributed by atoms with Gasteiger partial charge < -0.3 is 10.4 Å². The van der Waals surface area contributed by atoms with Crippen LogP contribution >= 0.6 is 0 Å².